The highest BCUT2D eigenvalue weighted by molar-refractivity contribution is 5.91. The normalized spacial score (nSPS) is 11.5. The van der Waals surface area contributed by atoms with Crippen molar-refractivity contribution in [3.63, 3.8) is 0 Å². The lowest BCUT2D eigenvalue weighted by Gasteiger charge is -2.14. The smallest absolute Gasteiger partial charge is 0.292 e. The summed E-state index contributed by atoms with van der Waals surface area (Å²) in [5, 5.41) is 0. The van der Waals surface area contributed by atoms with Gasteiger partial charge in [-0.25, -0.2) is 0 Å². The van der Waals surface area contributed by atoms with Crippen LogP contribution in [0.2, 0.25) is 0 Å². The fraction of sp³-hybridized carbons (Fsp3) is 0.481. The van der Waals surface area contributed by atoms with Crippen LogP contribution in [0.3, 0.4) is 0 Å². The van der Waals surface area contributed by atoms with Gasteiger partial charge in [-0.3, -0.25) is 4.79 Å². The third-order valence-electron chi connectivity index (χ3n) is 4.28. The number of carbonyl (C=O) groups excluding carboxylic acids is 1. The molecule has 5 nitrogen and oxygen atoms in total. The molecule has 0 bridgehead atoms. The molecule has 0 saturated heterocycles. The largest absolute Gasteiger partial charge is 0.494 e. The zero-order chi connectivity index (χ0) is 24.9. The molecule has 180 valence electrons. The Morgan fingerprint density at radius 1 is 1.19 bits per heavy atom. The number of aromatic nitrogens is 1. The van der Waals surface area contributed by atoms with Crippen LogP contribution in [0.15, 0.2) is 53.7 Å². The molecule has 1 aromatic carbocycles. The maximum absolute atomic E-state index is 10.5. The Labute approximate surface area is 195 Å². The summed E-state index contributed by atoms with van der Waals surface area (Å²) in [6.07, 6.45) is 9.91. The number of oxazole rings is 1. The van der Waals surface area contributed by atoms with Crippen LogP contribution < -0.4 is 10.5 Å². The zero-order valence-corrected chi connectivity index (χ0v) is 21.4. The Hall–Kier alpha value is -2.82. The van der Waals surface area contributed by atoms with Crippen LogP contribution in [0.25, 0.3) is 6.08 Å². The quantitative estimate of drug-likeness (QED) is 0.315. The van der Waals surface area contributed by atoms with Gasteiger partial charge in [0, 0.05) is 6.92 Å². The number of benzene rings is 1. The maximum atomic E-state index is 10.5. The lowest BCUT2D eigenvalue weighted by molar-refractivity contribution is 0.101. The molecule has 0 aliphatic heterocycles. The average molecular weight is 445 g/mol. The first-order valence-corrected chi connectivity index (χ1v) is 11.7. The topological polar surface area (TPSA) is 78.3 Å². The monoisotopic (exact) mass is 444 g/mol. The fourth-order valence-electron chi connectivity index (χ4n) is 2.50. The zero-order valence-electron chi connectivity index (χ0n) is 21.4. The molecule has 1 heterocycles. The van der Waals surface area contributed by atoms with Crippen molar-refractivity contribution in [3.8, 4) is 5.75 Å². The van der Waals surface area contributed by atoms with Gasteiger partial charge in [0.05, 0.1) is 6.61 Å². The summed E-state index contributed by atoms with van der Waals surface area (Å²) in [5.74, 6) is 1.89. The highest BCUT2D eigenvalue weighted by atomic mass is 16.5. The summed E-state index contributed by atoms with van der Waals surface area (Å²) >= 11 is 0. The summed E-state index contributed by atoms with van der Waals surface area (Å²) in [6, 6.07) is 8.29. The number of allylic oxidation sites excluding steroid dienone is 2. The number of nitrogen functional groups attached to an aromatic ring is 1. The van der Waals surface area contributed by atoms with Crippen molar-refractivity contribution in [2.45, 2.75) is 68.2 Å². The predicted molar refractivity (Wildman–Crippen MR) is 138 cm³/mol. The van der Waals surface area contributed by atoms with Crippen molar-refractivity contribution in [1.29, 1.82) is 0 Å². The first-order valence-electron chi connectivity index (χ1n) is 11.7. The molecular weight excluding hydrogens is 400 g/mol. The van der Waals surface area contributed by atoms with Crippen LogP contribution in [0.4, 0.5) is 6.01 Å². The molecule has 0 aliphatic carbocycles. The highest BCUT2D eigenvalue weighted by Crippen LogP contribution is 2.20. The molecule has 2 atom stereocenters. The van der Waals surface area contributed by atoms with E-state index in [9.17, 15) is 4.79 Å². The summed E-state index contributed by atoms with van der Waals surface area (Å²) in [6.45, 7) is 20.6. The first-order chi connectivity index (χ1) is 15.4. The van der Waals surface area contributed by atoms with Gasteiger partial charge in [0.25, 0.3) is 6.01 Å². The number of ether oxygens (including phenoxy) is 1. The van der Waals surface area contributed by atoms with E-state index in [-0.39, 0.29) is 17.5 Å². The third-order valence-corrected chi connectivity index (χ3v) is 4.28. The summed E-state index contributed by atoms with van der Waals surface area (Å²) in [5.41, 5.74) is 6.57. The number of Topliss-reactive ketones (excluding diaryl/α,β-unsaturated/α-hetero) is 1. The van der Waals surface area contributed by atoms with E-state index in [1.807, 2.05) is 39.8 Å². The number of ketones is 1. The van der Waals surface area contributed by atoms with Crippen LogP contribution >= 0.6 is 0 Å². The van der Waals surface area contributed by atoms with Gasteiger partial charge >= 0.3 is 0 Å². The molecule has 5 heteroatoms. The standard InChI is InChI=1S/C18H26O.C5H6N2O2.2C2H6/c1-5-14-19-18-12-10-16(11-13-18)9-8-15(4)17(6-2)7-3;1-3(8)4-2-9-5(6)7-4;2*1-2/h6,8-13,15,17H,2,5,7,14H2,1,3-4H3;2H,1H3,(H2,6,7);2*1-2H3/b9-8+;;;. The van der Waals surface area contributed by atoms with E-state index in [2.05, 4.69) is 67.1 Å². The van der Waals surface area contributed by atoms with Crippen molar-refractivity contribution in [2.75, 3.05) is 12.3 Å². The van der Waals surface area contributed by atoms with Crippen molar-refractivity contribution in [1.82, 2.24) is 4.98 Å². The van der Waals surface area contributed by atoms with Crippen LogP contribution in [0.1, 0.15) is 84.3 Å². The molecule has 0 amide bonds. The van der Waals surface area contributed by atoms with E-state index in [1.165, 1.54) is 18.8 Å². The van der Waals surface area contributed by atoms with Gasteiger partial charge in [0.1, 0.15) is 17.7 Å². The minimum Gasteiger partial charge on any atom is -0.494 e. The molecule has 32 heavy (non-hydrogen) atoms. The Bertz CT molecular complexity index is 749. The second kappa shape index (κ2) is 20.1. The van der Waals surface area contributed by atoms with E-state index < -0.39 is 0 Å². The van der Waals surface area contributed by atoms with E-state index in [0.29, 0.717) is 11.8 Å². The number of nitrogens with zero attached hydrogens (tertiary/aromatic N) is 1. The predicted octanol–water partition coefficient (Wildman–Crippen LogP) is 7.85. The first kappa shape index (κ1) is 31.4. The van der Waals surface area contributed by atoms with Gasteiger partial charge in [-0.1, -0.05) is 78.8 Å². The molecule has 1 aromatic heterocycles. The van der Waals surface area contributed by atoms with Crippen LogP contribution in [-0.2, 0) is 0 Å². The number of hydrogen-bond acceptors (Lipinski definition) is 5. The number of carbonyl (C=O) groups is 1. The number of nitrogens with two attached hydrogens (primary N) is 1. The summed E-state index contributed by atoms with van der Waals surface area (Å²) in [7, 11) is 0. The second-order valence-corrected chi connectivity index (χ2v) is 6.57. The van der Waals surface area contributed by atoms with E-state index in [0.717, 1.165) is 25.2 Å². The lowest BCUT2D eigenvalue weighted by atomic mass is 9.91. The van der Waals surface area contributed by atoms with Gasteiger partial charge in [-0.05, 0) is 42.4 Å². The van der Waals surface area contributed by atoms with Crippen LogP contribution in [-0.4, -0.2) is 17.4 Å². The number of rotatable bonds is 9. The Kier molecular flexibility index (Phi) is 19.7. The molecule has 0 aliphatic rings. The number of hydrogen-bond donors (Lipinski definition) is 1. The third kappa shape index (κ3) is 13.5. The molecule has 2 N–H and O–H groups in total. The van der Waals surface area contributed by atoms with Crippen LogP contribution in [0, 0.1) is 11.8 Å². The molecule has 0 saturated carbocycles. The van der Waals surface area contributed by atoms with Crippen molar-refractivity contribution >= 4 is 17.9 Å². The van der Waals surface area contributed by atoms with Gasteiger partial charge in [0.15, 0.2) is 5.78 Å². The molecule has 0 spiro atoms. The Morgan fingerprint density at radius 3 is 2.16 bits per heavy atom. The second-order valence-electron chi connectivity index (χ2n) is 6.57. The number of anilines is 1. The minimum atomic E-state index is -0.143. The summed E-state index contributed by atoms with van der Waals surface area (Å²) in [4.78, 5) is 14.1. The van der Waals surface area contributed by atoms with Gasteiger partial charge in [0.2, 0.25) is 0 Å². The van der Waals surface area contributed by atoms with Crippen molar-refractivity contribution in [3.05, 3.63) is 60.5 Å². The molecule has 2 rings (SSSR count). The SMILES string of the molecule is C=CC(CC)C(C)/C=C/c1ccc(OCCC)cc1.CC.CC.CC(=O)c1coc(N)n1. The molecular formula is C27H44N2O3. The molecule has 0 fully saturated rings. The van der Waals surface area contributed by atoms with E-state index >= 15 is 0 Å². The van der Waals surface area contributed by atoms with Crippen LogP contribution in [0.5, 0.6) is 5.75 Å². The van der Waals surface area contributed by atoms with Crippen molar-refractivity contribution in [2.24, 2.45) is 11.8 Å². The van der Waals surface area contributed by atoms with E-state index in [1.54, 1.807) is 0 Å². The minimum absolute atomic E-state index is 0.0280. The van der Waals surface area contributed by atoms with Gasteiger partial charge in [-0.2, -0.15) is 4.98 Å². The molecule has 2 aromatic rings. The average Bonchev–Trinajstić information content (AvgIpc) is 3.27. The highest BCUT2D eigenvalue weighted by Gasteiger charge is 2.07. The summed E-state index contributed by atoms with van der Waals surface area (Å²) < 4.78 is 10.1. The fourth-order valence-corrected chi connectivity index (χ4v) is 2.50. The Balaban J connectivity index is 0. The van der Waals surface area contributed by atoms with Gasteiger partial charge in [-0.15, -0.1) is 6.58 Å². The van der Waals surface area contributed by atoms with E-state index in [4.69, 9.17) is 10.5 Å². The van der Waals surface area contributed by atoms with Gasteiger partial charge < -0.3 is 14.9 Å². The Morgan fingerprint density at radius 2 is 1.78 bits per heavy atom. The lowest BCUT2D eigenvalue weighted by Crippen LogP contribution is -2.04. The molecule has 0 radical (unpaired) electrons. The maximum Gasteiger partial charge on any atom is 0.292 e. The van der Waals surface area contributed by atoms with Crippen molar-refractivity contribution < 1.29 is 13.9 Å². The molecule has 2 unspecified atom stereocenters.